The molecule has 4 rings (SSSR count). The number of carbonyl (C=O) groups excluding carboxylic acids is 2. The Hall–Kier alpha value is -3.32. The van der Waals surface area contributed by atoms with Crippen LogP contribution in [0.1, 0.15) is 48.2 Å². The number of carbonyl (C=O) groups is 2. The number of likely N-dealkylation sites (tertiary alicyclic amines) is 1. The number of aromatic nitrogens is 2. The summed E-state index contributed by atoms with van der Waals surface area (Å²) >= 11 is 6.08. The van der Waals surface area contributed by atoms with E-state index in [0.29, 0.717) is 50.0 Å². The van der Waals surface area contributed by atoms with Crippen molar-refractivity contribution < 1.29 is 14.3 Å². The van der Waals surface area contributed by atoms with Crippen LogP contribution in [0.15, 0.2) is 48.5 Å². The first-order valence-corrected chi connectivity index (χ1v) is 13.1. The fourth-order valence-corrected chi connectivity index (χ4v) is 5.10. The molecule has 0 saturated carbocycles. The number of hydrogen-bond acceptors (Lipinski definition) is 4. The van der Waals surface area contributed by atoms with E-state index in [9.17, 15) is 9.59 Å². The summed E-state index contributed by atoms with van der Waals surface area (Å²) in [4.78, 5) is 30.9. The summed E-state index contributed by atoms with van der Waals surface area (Å²) in [5.74, 6) is 0.539. The molecule has 1 unspecified atom stereocenters. The second-order valence-electron chi connectivity index (χ2n) is 10.0. The number of nitrogens with zero attached hydrogens (tertiary/aromatic N) is 3. The highest BCUT2D eigenvalue weighted by Crippen LogP contribution is 2.34. The zero-order chi connectivity index (χ0) is 26.6. The molecule has 0 spiro atoms. The third-order valence-electron chi connectivity index (χ3n) is 6.94. The predicted octanol–water partition coefficient (Wildman–Crippen LogP) is 4.88. The largest absolute Gasteiger partial charge is 0.478 e. The summed E-state index contributed by atoms with van der Waals surface area (Å²) in [7, 11) is 0. The molecule has 1 aliphatic heterocycles. The molecule has 7 nitrogen and oxygen atoms in total. The van der Waals surface area contributed by atoms with E-state index >= 15 is 0 Å². The third kappa shape index (κ3) is 6.34. The number of aryl methyl sites for hydroxylation is 2. The van der Waals surface area contributed by atoms with E-state index in [1.807, 2.05) is 75.1 Å². The molecule has 1 N–H and O–H groups in total. The molecule has 1 aliphatic rings. The number of H-pyrrole nitrogens is 1. The molecule has 196 valence electrons. The molecule has 0 aliphatic carbocycles. The molecule has 1 fully saturated rings. The van der Waals surface area contributed by atoms with Crippen molar-refractivity contribution in [1.29, 1.82) is 0 Å². The fraction of sp³-hybridized carbons (Fsp3) is 0.414. The second-order valence-corrected chi connectivity index (χ2v) is 10.4. The Morgan fingerprint density at radius 2 is 1.81 bits per heavy atom. The van der Waals surface area contributed by atoms with Crippen molar-refractivity contribution in [2.24, 2.45) is 0 Å². The number of benzene rings is 2. The van der Waals surface area contributed by atoms with Crippen LogP contribution in [0.2, 0.25) is 5.02 Å². The van der Waals surface area contributed by atoms with Crippen LogP contribution >= 0.6 is 11.6 Å². The van der Waals surface area contributed by atoms with E-state index in [4.69, 9.17) is 16.3 Å². The first-order chi connectivity index (χ1) is 17.7. The first-order valence-electron chi connectivity index (χ1n) is 12.8. The van der Waals surface area contributed by atoms with Crippen LogP contribution in [-0.4, -0.2) is 57.0 Å². The molecule has 0 bridgehead atoms. The highest BCUT2D eigenvalue weighted by Gasteiger charge is 2.50. The van der Waals surface area contributed by atoms with Gasteiger partial charge in [0.05, 0.1) is 18.7 Å². The third-order valence-corrected chi connectivity index (χ3v) is 7.19. The highest BCUT2D eigenvalue weighted by molar-refractivity contribution is 6.30. The summed E-state index contributed by atoms with van der Waals surface area (Å²) in [5.41, 5.74) is 4.16. The Morgan fingerprint density at radius 1 is 1.11 bits per heavy atom. The van der Waals surface area contributed by atoms with Crippen LogP contribution in [-0.2, 0) is 29.0 Å². The Balaban J connectivity index is 1.50. The Morgan fingerprint density at radius 3 is 2.43 bits per heavy atom. The molecule has 2 amide bonds. The minimum atomic E-state index is -0.871. The van der Waals surface area contributed by atoms with Gasteiger partial charge in [-0.3, -0.25) is 9.59 Å². The minimum Gasteiger partial charge on any atom is -0.478 e. The van der Waals surface area contributed by atoms with Crippen molar-refractivity contribution in [3.05, 3.63) is 81.5 Å². The number of aromatic amines is 1. The van der Waals surface area contributed by atoms with Gasteiger partial charge in [-0.25, -0.2) is 5.10 Å². The van der Waals surface area contributed by atoms with Crippen molar-refractivity contribution in [1.82, 2.24) is 20.0 Å². The van der Waals surface area contributed by atoms with Gasteiger partial charge >= 0.3 is 0 Å². The van der Waals surface area contributed by atoms with E-state index in [1.54, 1.807) is 4.90 Å². The number of halogens is 1. The molecule has 37 heavy (non-hydrogen) atoms. The van der Waals surface area contributed by atoms with Gasteiger partial charge in [-0.15, -0.1) is 0 Å². The maximum Gasteiger partial charge on any atom is 0.248 e. The van der Waals surface area contributed by atoms with Crippen molar-refractivity contribution in [3.8, 4) is 5.88 Å². The van der Waals surface area contributed by atoms with E-state index in [0.717, 1.165) is 27.9 Å². The van der Waals surface area contributed by atoms with Gasteiger partial charge in [-0.1, -0.05) is 53.1 Å². The SMILES string of the molecule is CCOc1cc(CCN(Cc2ccc(Cl)cc2)C(=O)C2(C)CCN2C(=O)Cc2cc(C)cc(C)c2)n[nH]1. The number of rotatable bonds is 10. The average Bonchev–Trinajstić information content (AvgIpc) is 3.28. The summed E-state index contributed by atoms with van der Waals surface area (Å²) in [6.45, 7) is 9.88. The Kier molecular flexibility index (Phi) is 8.22. The summed E-state index contributed by atoms with van der Waals surface area (Å²) in [5, 5.41) is 7.84. The number of hydrogen-bond donors (Lipinski definition) is 1. The molecule has 1 atom stereocenters. The van der Waals surface area contributed by atoms with Crippen molar-refractivity contribution in [2.45, 2.75) is 59.0 Å². The topological polar surface area (TPSA) is 78.5 Å². The molecule has 2 aromatic carbocycles. The zero-order valence-electron chi connectivity index (χ0n) is 22.0. The minimum absolute atomic E-state index is 0.0211. The van der Waals surface area contributed by atoms with Crippen molar-refractivity contribution >= 4 is 23.4 Å². The summed E-state index contributed by atoms with van der Waals surface area (Å²) in [6, 6.07) is 15.5. The van der Waals surface area contributed by atoms with E-state index in [-0.39, 0.29) is 18.2 Å². The maximum atomic E-state index is 14.0. The number of ether oxygens (including phenoxy) is 1. The average molecular weight is 523 g/mol. The summed E-state index contributed by atoms with van der Waals surface area (Å²) in [6.07, 6.45) is 1.49. The lowest BCUT2D eigenvalue weighted by Gasteiger charge is -2.51. The lowest BCUT2D eigenvalue weighted by molar-refractivity contribution is -0.164. The predicted molar refractivity (Wildman–Crippen MR) is 145 cm³/mol. The van der Waals surface area contributed by atoms with Crippen LogP contribution in [0.3, 0.4) is 0 Å². The maximum absolute atomic E-state index is 14.0. The van der Waals surface area contributed by atoms with Gasteiger partial charge in [0.25, 0.3) is 0 Å². The molecular weight excluding hydrogens is 488 g/mol. The van der Waals surface area contributed by atoms with Gasteiger partial charge in [0, 0.05) is 37.1 Å². The fourth-order valence-electron chi connectivity index (χ4n) is 4.98. The molecule has 1 aromatic heterocycles. The Bertz CT molecular complexity index is 1240. The zero-order valence-corrected chi connectivity index (χ0v) is 22.8. The van der Waals surface area contributed by atoms with E-state index in [1.165, 1.54) is 0 Å². The number of nitrogens with one attached hydrogen (secondary N) is 1. The van der Waals surface area contributed by atoms with Crippen LogP contribution < -0.4 is 4.74 Å². The molecule has 8 heteroatoms. The quantitative estimate of drug-likeness (QED) is 0.411. The molecule has 2 heterocycles. The second kappa shape index (κ2) is 11.4. The molecule has 3 aromatic rings. The summed E-state index contributed by atoms with van der Waals surface area (Å²) < 4.78 is 5.48. The van der Waals surface area contributed by atoms with Crippen molar-refractivity contribution in [3.63, 3.8) is 0 Å². The van der Waals surface area contributed by atoms with E-state index in [2.05, 4.69) is 16.3 Å². The van der Waals surface area contributed by atoms with Gasteiger partial charge in [0.2, 0.25) is 17.7 Å². The highest BCUT2D eigenvalue weighted by atomic mass is 35.5. The van der Waals surface area contributed by atoms with Gasteiger partial charge < -0.3 is 14.5 Å². The number of amides is 2. The van der Waals surface area contributed by atoms with Crippen LogP contribution in [0.4, 0.5) is 0 Å². The lowest BCUT2D eigenvalue weighted by atomic mass is 9.84. The lowest BCUT2D eigenvalue weighted by Crippen LogP contribution is -2.68. The first kappa shape index (κ1) is 26.7. The van der Waals surface area contributed by atoms with Crippen LogP contribution in [0.5, 0.6) is 5.88 Å². The monoisotopic (exact) mass is 522 g/mol. The van der Waals surface area contributed by atoms with Gasteiger partial charge in [0.1, 0.15) is 5.54 Å². The van der Waals surface area contributed by atoms with Crippen molar-refractivity contribution in [2.75, 3.05) is 19.7 Å². The van der Waals surface area contributed by atoms with Crippen LogP contribution in [0, 0.1) is 13.8 Å². The normalized spacial score (nSPS) is 16.8. The van der Waals surface area contributed by atoms with Gasteiger partial charge in [-0.05, 0) is 57.4 Å². The van der Waals surface area contributed by atoms with Gasteiger partial charge in [0.15, 0.2) is 0 Å². The van der Waals surface area contributed by atoms with Gasteiger partial charge in [-0.2, -0.15) is 5.10 Å². The molecular formula is C29H35ClN4O3. The smallest absolute Gasteiger partial charge is 0.248 e. The molecule has 1 saturated heterocycles. The standard InChI is InChI=1S/C29H35ClN4O3/c1-5-37-26-18-25(31-32-26)10-12-33(19-22-6-8-24(30)9-7-22)28(36)29(4)11-13-34(29)27(35)17-23-15-20(2)14-21(3)16-23/h6-9,14-16,18H,5,10-13,17,19H2,1-4H3,(H,31,32). The van der Waals surface area contributed by atoms with E-state index < -0.39 is 5.54 Å². The Labute approximate surface area is 223 Å². The van der Waals surface area contributed by atoms with Crippen LogP contribution in [0.25, 0.3) is 0 Å². The molecule has 0 radical (unpaired) electrons.